The van der Waals surface area contributed by atoms with Crippen LogP contribution >= 0.6 is 0 Å². The highest BCUT2D eigenvalue weighted by Gasteiger charge is 2.09. The predicted molar refractivity (Wildman–Crippen MR) is 95.5 cm³/mol. The van der Waals surface area contributed by atoms with Crippen molar-refractivity contribution >= 4 is 11.7 Å². The first-order chi connectivity index (χ1) is 13.0. The Bertz CT molecular complexity index is 943. The standard InChI is InChI=1S/C18H18F2N6O/c1-12-4-7-26(25-12)17-10-16(23-11-24-17)21-5-6-22-18(27)8-13-2-3-14(19)9-15(13)20/h2-4,7,9-11H,5-6,8H2,1H3,(H,22,27)(H,21,23,24). The van der Waals surface area contributed by atoms with Crippen LogP contribution in [0, 0.1) is 18.6 Å². The van der Waals surface area contributed by atoms with Gasteiger partial charge in [0.15, 0.2) is 5.82 Å². The van der Waals surface area contributed by atoms with Crippen LogP contribution < -0.4 is 10.6 Å². The normalized spacial score (nSPS) is 10.6. The van der Waals surface area contributed by atoms with Gasteiger partial charge in [-0.1, -0.05) is 6.07 Å². The minimum absolute atomic E-state index is 0.150. The summed E-state index contributed by atoms with van der Waals surface area (Å²) >= 11 is 0. The van der Waals surface area contributed by atoms with Gasteiger partial charge >= 0.3 is 0 Å². The Kier molecular flexibility index (Phi) is 5.70. The van der Waals surface area contributed by atoms with E-state index in [0.29, 0.717) is 24.7 Å². The average Bonchev–Trinajstić information content (AvgIpc) is 3.08. The zero-order valence-electron chi connectivity index (χ0n) is 14.6. The van der Waals surface area contributed by atoms with Crippen molar-refractivity contribution in [3.05, 3.63) is 65.7 Å². The molecular weight excluding hydrogens is 354 g/mol. The summed E-state index contributed by atoms with van der Waals surface area (Å²) in [5, 5.41) is 10.0. The Morgan fingerprint density at radius 2 is 2.00 bits per heavy atom. The molecule has 9 heteroatoms. The molecule has 0 aliphatic rings. The molecule has 0 spiro atoms. The molecule has 0 atom stereocenters. The van der Waals surface area contributed by atoms with Gasteiger partial charge in [0, 0.05) is 31.4 Å². The summed E-state index contributed by atoms with van der Waals surface area (Å²) in [6.07, 6.45) is 3.07. The zero-order valence-corrected chi connectivity index (χ0v) is 14.6. The third kappa shape index (κ3) is 5.06. The lowest BCUT2D eigenvalue weighted by atomic mass is 10.1. The van der Waals surface area contributed by atoms with E-state index in [1.165, 1.54) is 12.4 Å². The van der Waals surface area contributed by atoms with Crippen LogP contribution in [0.2, 0.25) is 0 Å². The van der Waals surface area contributed by atoms with Gasteiger partial charge in [0.05, 0.1) is 12.1 Å². The lowest BCUT2D eigenvalue weighted by Gasteiger charge is -2.09. The molecule has 0 fully saturated rings. The van der Waals surface area contributed by atoms with Gasteiger partial charge in [0.25, 0.3) is 0 Å². The number of carbonyl (C=O) groups is 1. The van der Waals surface area contributed by atoms with Crippen LogP contribution in [0.5, 0.6) is 0 Å². The molecule has 3 aromatic rings. The lowest BCUT2D eigenvalue weighted by Crippen LogP contribution is -2.30. The Balaban J connectivity index is 1.46. The Morgan fingerprint density at radius 1 is 1.15 bits per heavy atom. The third-order valence-electron chi connectivity index (χ3n) is 3.73. The molecule has 0 bridgehead atoms. The molecule has 140 valence electrons. The summed E-state index contributed by atoms with van der Waals surface area (Å²) in [7, 11) is 0. The topological polar surface area (TPSA) is 84.7 Å². The number of rotatable bonds is 7. The molecule has 0 aliphatic carbocycles. The van der Waals surface area contributed by atoms with Crippen molar-refractivity contribution < 1.29 is 13.6 Å². The number of amides is 1. The van der Waals surface area contributed by atoms with Gasteiger partial charge in [-0.05, 0) is 24.6 Å². The Hall–Kier alpha value is -3.36. The number of nitrogens with zero attached hydrogens (tertiary/aromatic N) is 4. The number of aromatic nitrogens is 4. The van der Waals surface area contributed by atoms with Crippen LogP contribution in [-0.2, 0) is 11.2 Å². The third-order valence-corrected chi connectivity index (χ3v) is 3.73. The van der Waals surface area contributed by atoms with Crippen molar-refractivity contribution in [1.29, 1.82) is 0 Å². The summed E-state index contributed by atoms with van der Waals surface area (Å²) in [5.74, 6) is -0.540. The highest BCUT2D eigenvalue weighted by atomic mass is 19.1. The van der Waals surface area contributed by atoms with Gasteiger partial charge in [0.2, 0.25) is 5.91 Å². The van der Waals surface area contributed by atoms with Gasteiger partial charge in [-0.25, -0.2) is 23.4 Å². The van der Waals surface area contributed by atoms with Crippen molar-refractivity contribution in [2.24, 2.45) is 0 Å². The molecule has 0 saturated carbocycles. The molecule has 0 saturated heterocycles. The van der Waals surface area contributed by atoms with Crippen LogP contribution in [0.3, 0.4) is 0 Å². The van der Waals surface area contributed by atoms with E-state index in [9.17, 15) is 13.6 Å². The average molecular weight is 372 g/mol. The quantitative estimate of drug-likeness (QED) is 0.620. The largest absolute Gasteiger partial charge is 0.368 e. The fourth-order valence-corrected chi connectivity index (χ4v) is 2.40. The number of hydrogen-bond acceptors (Lipinski definition) is 5. The molecule has 1 amide bonds. The molecule has 2 heterocycles. The predicted octanol–water partition coefficient (Wildman–Crippen LogP) is 2.02. The summed E-state index contributed by atoms with van der Waals surface area (Å²) in [6, 6.07) is 6.76. The number of hydrogen-bond donors (Lipinski definition) is 2. The molecule has 2 N–H and O–H groups in total. The van der Waals surface area contributed by atoms with E-state index in [0.717, 1.165) is 17.8 Å². The van der Waals surface area contributed by atoms with Crippen molar-refractivity contribution in [1.82, 2.24) is 25.1 Å². The molecule has 2 aromatic heterocycles. The van der Waals surface area contributed by atoms with E-state index >= 15 is 0 Å². The van der Waals surface area contributed by atoms with E-state index < -0.39 is 11.6 Å². The molecule has 3 rings (SSSR count). The fraction of sp³-hybridized carbons (Fsp3) is 0.222. The van der Waals surface area contributed by atoms with Crippen molar-refractivity contribution in [3.8, 4) is 5.82 Å². The molecule has 0 radical (unpaired) electrons. The number of nitrogens with one attached hydrogen (secondary N) is 2. The summed E-state index contributed by atoms with van der Waals surface area (Å²) in [6.45, 7) is 2.63. The first-order valence-electron chi connectivity index (χ1n) is 8.30. The van der Waals surface area contributed by atoms with E-state index in [1.54, 1.807) is 16.9 Å². The number of anilines is 1. The Labute approximate surface area is 154 Å². The monoisotopic (exact) mass is 372 g/mol. The van der Waals surface area contributed by atoms with E-state index in [2.05, 4.69) is 25.7 Å². The summed E-state index contributed by atoms with van der Waals surface area (Å²) in [5.41, 5.74) is 1.03. The first kappa shape index (κ1) is 18.4. The van der Waals surface area contributed by atoms with Crippen LogP contribution in [0.1, 0.15) is 11.3 Å². The second-order valence-corrected chi connectivity index (χ2v) is 5.85. The highest BCUT2D eigenvalue weighted by Crippen LogP contribution is 2.10. The van der Waals surface area contributed by atoms with Crippen molar-refractivity contribution in [3.63, 3.8) is 0 Å². The van der Waals surface area contributed by atoms with Gasteiger partial charge < -0.3 is 10.6 Å². The molecule has 1 aromatic carbocycles. The smallest absolute Gasteiger partial charge is 0.224 e. The maximum absolute atomic E-state index is 13.5. The summed E-state index contributed by atoms with van der Waals surface area (Å²) in [4.78, 5) is 20.1. The maximum atomic E-state index is 13.5. The summed E-state index contributed by atoms with van der Waals surface area (Å²) < 4.78 is 28.1. The van der Waals surface area contributed by atoms with Crippen LogP contribution in [0.15, 0.2) is 42.9 Å². The second-order valence-electron chi connectivity index (χ2n) is 5.85. The van der Waals surface area contributed by atoms with Gasteiger partial charge in [-0.3, -0.25) is 4.79 Å². The Morgan fingerprint density at radius 3 is 2.74 bits per heavy atom. The zero-order chi connectivity index (χ0) is 19.2. The highest BCUT2D eigenvalue weighted by molar-refractivity contribution is 5.78. The first-order valence-corrected chi connectivity index (χ1v) is 8.30. The minimum atomic E-state index is -0.731. The number of benzene rings is 1. The lowest BCUT2D eigenvalue weighted by molar-refractivity contribution is -0.120. The van der Waals surface area contributed by atoms with Crippen molar-refractivity contribution in [2.75, 3.05) is 18.4 Å². The number of carbonyl (C=O) groups excluding carboxylic acids is 1. The second kappa shape index (κ2) is 8.35. The maximum Gasteiger partial charge on any atom is 0.224 e. The molecular formula is C18H18F2N6O. The van der Waals surface area contributed by atoms with E-state index in [4.69, 9.17) is 0 Å². The van der Waals surface area contributed by atoms with E-state index in [1.807, 2.05) is 13.0 Å². The molecule has 27 heavy (non-hydrogen) atoms. The molecule has 0 unspecified atom stereocenters. The molecule has 0 aliphatic heterocycles. The number of aryl methyl sites for hydroxylation is 1. The fourth-order valence-electron chi connectivity index (χ4n) is 2.40. The number of halogens is 2. The van der Waals surface area contributed by atoms with Crippen molar-refractivity contribution in [2.45, 2.75) is 13.3 Å². The van der Waals surface area contributed by atoms with Crippen LogP contribution in [0.25, 0.3) is 5.82 Å². The van der Waals surface area contributed by atoms with Gasteiger partial charge in [-0.2, -0.15) is 5.10 Å². The van der Waals surface area contributed by atoms with Gasteiger partial charge in [0.1, 0.15) is 23.8 Å². The van der Waals surface area contributed by atoms with E-state index in [-0.39, 0.29) is 17.9 Å². The SMILES string of the molecule is Cc1ccn(-c2cc(NCCNC(=O)Cc3ccc(F)cc3F)ncn2)n1. The van der Waals surface area contributed by atoms with Crippen LogP contribution in [-0.4, -0.2) is 38.7 Å². The van der Waals surface area contributed by atoms with Crippen LogP contribution in [0.4, 0.5) is 14.6 Å². The molecule has 7 nitrogen and oxygen atoms in total. The van der Waals surface area contributed by atoms with Gasteiger partial charge in [-0.15, -0.1) is 0 Å². The minimum Gasteiger partial charge on any atom is -0.368 e.